The lowest BCUT2D eigenvalue weighted by Gasteiger charge is -2.12. The van der Waals surface area contributed by atoms with E-state index in [1.807, 2.05) is 6.92 Å². The highest BCUT2D eigenvalue weighted by molar-refractivity contribution is 7.92. The van der Waals surface area contributed by atoms with E-state index in [-0.39, 0.29) is 27.6 Å². The average Bonchev–Trinajstić information content (AvgIpc) is 2.69. The van der Waals surface area contributed by atoms with Crippen molar-refractivity contribution in [1.29, 1.82) is 0 Å². The van der Waals surface area contributed by atoms with E-state index >= 15 is 0 Å². The Morgan fingerprint density at radius 2 is 1.59 bits per heavy atom. The van der Waals surface area contributed by atoms with Crippen LogP contribution in [-0.2, 0) is 10.0 Å². The van der Waals surface area contributed by atoms with E-state index in [0.717, 1.165) is 5.56 Å². The number of carbonyl (C=O) groups excluding carboxylic acids is 1. The lowest BCUT2D eigenvalue weighted by Crippen LogP contribution is -2.17. The molecule has 8 nitrogen and oxygen atoms in total. The summed E-state index contributed by atoms with van der Waals surface area (Å²) in [5.41, 5.74) is 0.827. The number of esters is 1. The van der Waals surface area contributed by atoms with Crippen LogP contribution in [0.1, 0.15) is 15.9 Å². The number of nitrogens with one attached hydrogen (secondary N) is 1. The van der Waals surface area contributed by atoms with Gasteiger partial charge in [0.15, 0.2) is 0 Å². The van der Waals surface area contributed by atoms with Crippen LogP contribution in [0.3, 0.4) is 0 Å². The smallest absolute Gasteiger partial charge is 0.345 e. The van der Waals surface area contributed by atoms with Crippen LogP contribution in [0.2, 0.25) is 0 Å². The van der Waals surface area contributed by atoms with E-state index < -0.39 is 20.9 Å². The van der Waals surface area contributed by atoms with Gasteiger partial charge < -0.3 is 4.74 Å². The van der Waals surface area contributed by atoms with E-state index in [2.05, 4.69) is 4.72 Å². The molecule has 0 atom stereocenters. The second kappa shape index (κ2) is 8.11. The number of nitro benzene ring substituents is 1. The number of aryl methyl sites for hydroxylation is 1. The van der Waals surface area contributed by atoms with Gasteiger partial charge in [-0.3, -0.25) is 14.8 Å². The number of nitro groups is 1. The topological polar surface area (TPSA) is 116 Å². The third-order valence-electron chi connectivity index (χ3n) is 3.98. The zero-order chi connectivity index (χ0) is 21.0. The maximum atomic E-state index is 12.6. The quantitative estimate of drug-likeness (QED) is 0.284. The van der Waals surface area contributed by atoms with Crippen LogP contribution < -0.4 is 9.46 Å². The molecule has 0 bridgehead atoms. The number of hydrogen-bond acceptors (Lipinski definition) is 6. The monoisotopic (exact) mass is 412 g/mol. The van der Waals surface area contributed by atoms with Crippen molar-refractivity contribution in [3.05, 3.63) is 94.0 Å². The summed E-state index contributed by atoms with van der Waals surface area (Å²) in [6, 6.07) is 17.3. The Morgan fingerprint density at radius 3 is 2.21 bits per heavy atom. The summed E-state index contributed by atoms with van der Waals surface area (Å²) >= 11 is 0. The molecule has 1 N–H and O–H groups in total. The van der Waals surface area contributed by atoms with Crippen molar-refractivity contribution in [3.8, 4) is 5.75 Å². The van der Waals surface area contributed by atoms with Gasteiger partial charge in [0.1, 0.15) is 5.75 Å². The molecule has 0 unspecified atom stereocenters. The van der Waals surface area contributed by atoms with Crippen LogP contribution in [0.15, 0.2) is 77.7 Å². The number of anilines is 1. The van der Waals surface area contributed by atoms with Gasteiger partial charge in [0.25, 0.3) is 15.7 Å². The second-order valence-corrected chi connectivity index (χ2v) is 7.79. The maximum absolute atomic E-state index is 12.6. The predicted molar refractivity (Wildman–Crippen MR) is 106 cm³/mol. The lowest BCUT2D eigenvalue weighted by atomic mass is 10.2. The molecule has 0 aliphatic carbocycles. The summed E-state index contributed by atoms with van der Waals surface area (Å²) in [5.74, 6) is -0.710. The van der Waals surface area contributed by atoms with Crippen molar-refractivity contribution < 1.29 is 22.9 Å². The zero-order valence-corrected chi connectivity index (χ0v) is 16.0. The molecule has 148 valence electrons. The Hall–Kier alpha value is -3.72. The summed E-state index contributed by atoms with van der Waals surface area (Å²) < 4.78 is 32.9. The molecule has 0 spiro atoms. The molecule has 0 amide bonds. The van der Waals surface area contributed by atoms with Gasteiger partial charge in [0, 0.05) is 12.1 Å². The van der Waals surface area contributed by atoms with Crippen LogP contribution >= 0.6 is 0 Å². The van der Waals surface area contributed by atoms with Crippen LogP contribution in [0.4, 0.5) is 11.4 Å². The largest absolute Gasteiger partial charge is 0.423 e. The summed E-state index contributed by atoms with van der Waals surface area (Å²) in [5, 5.41) is 10.7. The number of hydrogen-bond donors (Lipinski definition) is 1. The average molecular weight is 412 g/mol. The minimum atomic E-state index is -3.91. The Balaban J connectivity index is 1.83. The number of ether oxygens (including phenoxy) is 1. The highest BCUT2D eigenvalue weighted by Crippen LogP contribution is 2.23. The van der Waals surface area contributed by atoms with Crippen LogP contribution in [0.5, 0.6) is 5.75 Å². The number of sulfonamides is 1. The van der Waals surface area contributed by atoms with Gasteiger partial charge >= 0.3 is 5.97 Å². The molecule has 3 aromatic rings. The first-order chi connectivity index (χ1) is 13.8. The molecule has 3 aromatic carbocycles. The summed E-state index contributed by atoms with van der Waals surface area (Å²) in [6.45, 7) is 1.84. The van der Waals surface area contributed by atoms with Crippen LogP contribution in [0, 0.1) is 17.0 Å². The Bertz CT molecular complexity index is 1160. The number of benzene rings is 3. The van der Waals surface area contributed by atoms with Crippen molar-refractivity contribution in [2.75, 3.05) is 4.72 Å². The first kappa shape index (κ1) is 20.0. The first-order valence-corrected chi connectivity index (χ1v) is 9.90. The molecule has 9 heteroatoms. The number of para-hydroxylation sites is 1. The molecule has 0 saturated heterocycles. The van der Waals surface area contributed by atoms with E-state index in [4.69, 9.17) is 4.74 Å². The second-order valence-electron chi connectivity index (χ2n) is 6.10. The third kappa shape index (κ3) is 4.77. The Labute approximate surface area is 167 Å². The van der Waals surface area contributed by atoms with Crippen LogP contribution in [0.25, 0.3) is 0 Å². The molecule has 0 radical (unpaired) electrons. The Kier molecular flexibility index (Phi) is 5.60. The fourth-order valence-electron chi connectivity index (χ4n) is 2.47. The fourth-order valence-corrected chi connectivity index (χ4v) is 3.55. The van der Waals surface area contributed by atoms with Gasteiger partial charge in [-0.15, -0.1) is 0 Å². The highest BCUT2D eigenvalue weighted by atomic mass is 32.2. The zero-order valence-electron chi connectivity index (χ0n) is 15.2. The number of non-ortho nitro benzene ring substituents is 1. The van der Waals surface area contributed by atoms with E-state index in [9.17, 15) is 23.3 Å². The molecule has 0 aromatic heterocycles. The minimum absolute atomic E-state index is 0.00143. The normalized spacial score (nSPS) is 10.9. The molecular formula is C20H16N2O6S. The van der Waals surface area contributed by atoms with E-state index in [0.29, 0.717) is 0 Å². The molecule has 29 heavy (non-hydrogen) atoms. The third-order valence-corrected chi connectivity index (χ3v) is 5.36. The van der Waals surface area contributed by atoms with Crippen LogP contribution in [-0.4, -0.2) is 19.3 Å². The van der Waals surface area contributed by atoms with Crippen molar-refractivity contribution >= 4 is 27.4 Å². The van der Waals surface area contributed by atoms with E-state index in [1.165, 1.54) is 48.5 Å². The molecule has 0 aliphatic heterocycles. The van der Waals surface area contributed by atoms with Gasteiger partial charge in [-0.25, -0.2) is 13.2 Å². The predicted octanol–water partition coefficient (Wildman–Crippen LogP) is 3.92. The number of nitrogens with zero attached hydrogens (tertiary/aromatic N) is 1. The summed E-state index contributed by atoms with van der Waals surface area (Å²) in [4.78, 5) is 22.7. The lowest BCUT2D eigenvalue weighted by molar-refractivity contribution is -0.384. The first-order valence-electron chi connectivity index (χ1n) is 8.41. The maximum Gasteiger partial charge on any atom is 0.345 e. The van der Waals surface area contributed by atoms with Crippen molar-refractivity contribution in [1.82, 2.24) is 0 Å². The summed E-state index contributed by atoms with van der Waals surface area (Å²) in [7, 11) is -3.91. The SMILES string of the molecule is Cc1ccc(S(=O)(=O)Nc2ccccc2C(=O)Oc2ccc([N+](=O)[O-])cc2)cc1. The van der Waals surface area contributed by atoms with Crippen molar-refractivity contribution in [3.63, 3.8) is 0 Å². The van der Waals surface area contributed by atoms with Gasteiger partial charge in [-0.05, 0) is 43.3 Å². The standard InChI is InChI=1S/C20H16N2O6S/c1-14-6-12-17(13-7-14)29(26,27)21-19-5-3-2-4-18(19)20(23)28-16-10-8-15(9-11-16)22(24)25/h2-13,21H,1H3. The Morgan fingerprint density at radius 1 is 0.966 bits per heavy atom. The highest BCUT2D eigenvalue weighted by Gasteiger charge is 2.20. The van der Waals surface area contributed by atoms with Gasteiger partial charge in [-0.2, -0.15) is 0 Å². The van der Waals surface area contributed by atoms with E-state index in [1.54, 1.807) is 24.3 Å². The molecule has 0 heterocycles. The molecule has 3 rings (SSSR count). The fraction of sp³-hybridized carbons (Fsp3) is 0.0500. The summed E-state index contributed by atoms with van der Waals surface area (Å²) in [6.07, 6.45) is 0. The number of carbonyl (C=O) groups is 1. The van der Waals surface area contributed by atoms with Gasteiger partial charge in [-0.1, -0.05) is 29.8 Å². The minimum Gasteiger partial charge on any atom is -0.423 e. The number of rotatable bonds is 6. The molecule has 0 fully saturated rings. The molecule has 0 aliphatic rings. The van der Waals surface area contributed by atoms with Crippen molar-refractivity contribution in [2.45, 2.75) is 11.8 Å². The van der Waals surface area contributed by atoms with Gasteiger partial charge in [0.05, 0.1) is 21.1 Å². The van der Waals surface area contributed by atoms with Crippen molar-refractivity contribution in [2.24, 2.45) is 0 Å². The van der Waals surface area contributed by atoms with Gasteiger partial charge in [0.2, 0.25) is 0 Å². The molecule has 0 saturated carbocycles. The molecular weight excluding hydrogens is 396 g/mol.